The van der Waals surface area contributed by atoms with E-state index in [-0.39, 0.29) is 31.0 Å². The van der Waals surface area contributed by atoms with Crippen LogP contribution >= 0.6 is 0 Å². The topological polar surface area (TPSA) is 100 Å². The quantitative estimate of drug-likeness (QED) is 0.604. The van der Waals surface area contributed by atoms with Crippen LogP contribution in [0.1, 0.15) is 38.5 Å². The molecule has 0 spiro atoms. The summed E-state index contributed by atoms with van der Waals surface area (Å²) in [6, 6.07) is -0.423. The number of nitrogens with zero attached hydrogens (tertiary/aromatic N) is 1. The summed E-state index contributed by atoms with van der Waals surface area (Å²) in [5.41, 5.74) is 0. The van der Waals surface area contributed by atoms with Crippen LogP contribution in [0.15, 0.2) is 12.2 Å². The van der Waals surface area contributed by atoms with Gasteiger partial charge >= 0.3 is 6.03 Å². The number of aliphatic hydroxyl groups excluding tert-OH is 1. The summed E-state index contributed by atoms with van der Waals surface area (Å²) in [4.78, 5) is 26.4. The average molecular weight is 381 g/mol. The molecule has 0 unspecified atom stereocenters. The molecule has 2 heterocycles. The van der Waals surface area contributed by atoms with Gasteiger partial charge in [0, 0.05) is 19.1 Å². The molecule has 152 valence electrons. The summed E-state index contributed by atoms with van der Waals surface area (Å²) in [6.07, 6.45) is 8.46. The number of morpholine rings is 1. The Bertz CT molecular complexity index is 529. The van der Waals surface area contributed by atoms with Crippen LogP contribution in [0, 0.1) is 0 Å². The highest BCUT2D eigenvalue weighted by Gasteiger charge is 2.30. The highest BCUT2D eigenvalue weighted by atomic mass is 16.5. The first-order valence-electron chi connectivity index (χ1n) is 10.0. The van der Waals surface area contributed by atoms with E-state index in [1.54, 1.807) is 11.0 Å². The van der Waals surface area contributed by atoms with Crippen molar-refractivity contribution in [2.75, 3.05) is 32.9 Å². The van der Waals surface area contributed by atoms with Gasteiger partial charge in [-0.1, -0.05) is 31.4 Å². The Kier molecular flexibility index (Phi) is 7.49. The van der Waals surface area contributed by atoms with Gasteiger partial charge in [0.25, 0.3) is 0 Å². The van der Waals surface area contributed by atoms with Crippen molar-refractivity contribution in [2.45, 2.75) is 62.8 Å². The van der Waals surface area contributed by atoms with Crippen molar-refractivity contribution in [2.24, 2.45) is 0 Å². The highest BCUT2D eigenvalue weighted by molar-refractivity contribution is 5.77. The number of urea groups is 1. The fourth-order valence-electron chi connectivity index (χ4n) is 3.88. The van der Waals surface area contributed by atoms with Crippen molar-refractivity contribution in [1.29, 1.82) is 0 Å². The van der Waals surface area contributed by atoms with Gasteiger partial charge < -0.3 is 30.1 Å². The lowest BCUT2D eigenvalue weighted by molar-refractivity contribution is -0.139. The Labute approximate surface area is 160 Å². The Balaban J connectivity index is 1.48. The molecule has 8 nitrogen and oxygen atoms in total. The van der Waals surface area contributed by atoms with Crippen molar-refractivity contribution < 1.29 is 24.2 Å². The molecule has 3 amide bonds. The van der Waals surface area contributed by atoms with Crippen molar-refractivity contribution in [3.8, 4) is 0 Å². The van der Waals surface area contributed by atoms with Gasteiger partial charge in [0.15, 0.2) is 0 Å². The lowest BCUT2D eigenvalue weighted by Crippen LogP contribution is -2.53. The Morgan fingerprint density at radius 2 is 1.81 bits per heavy atom. The lowest BCUT2D eigenvalue weighted by Gasteiger charge is -2.34. The molecular weight excluding hydrogens is 350 g/mol. The van der Waals surface area contributed by atoms with Crippen LogP contribution in [0.4, 0.5) is 4.79 Å². The molecule has 2 fully saturated rings. The summed E-state index contributed by atoms with van der Waals surface area (Å²) < 4.78 is 11.1. The van der Waals surface area contributed by atoms with E-state index >= 15 is 0 Å². The van der Waals surface area contributed by atoms with Gasteiger partial charge in [-0.25, -0.2) is 4.79 Å². The summed E-state index contributed by atoms with van der Waals surface area (Å²) in [7, 11) is 0. The monoisotopic (exact) mass is 381 g/mol. The van der Waals surface area contributed by atoms with Crippen LogP contribution in [0.3, 0.4) is 0 Å². The number of hydrogen-bond acceptors (Lipinski definition) is 5. The lowest BCUT2D eigenvalue weighted by atomic mass is 9.96. The summed E-state index contributed by atoms with van der Waals surface area (Å²) in [6.45, 7) is 2.11. The van der Waals surface area contributed by atoms with Crippen LogP contribution in [-0.4, -0.2) is 79.1 Å². The second-order valence-electron chi connectivity index (χ2n) is 7.46. The Hall–Kier alpha value is -1.64. The number of rotatable bonds is 5. The highest BCUT2D eigenvalue weighted by Crippen LogP contribution is 2.19. The number of nitrogens with one attached hydrogen (secondary N) is 2. The fraction of sp³-hybridized carbons (Fsp3) is 0.789. The summed E-state index contributed by atoms with van der Waals surface area (Å²) in [5, 5.41) is 15.5. The third-order valence-corrected chi connectivity index (χ3v) is 5.44. The zero-order valence-electron chi connectivity index (χ0n) is 15.8. The minimum absolute atomic E-state index is 0.0195. The molecule has 0 radical (unpaired) electrons. The van der Waals surface area contributed by atoms with Crippen LogP contribution in [0.5, 0.6) is 0 Å². The third-order valence-electron chi connectivity index (χ3n) is 5.44. The second kappa shape index (κ2) is 10.1. The number of hydrogen-bond donors (Lipinski definition) is 3. The van der Waals surface area contributed by atoms with Gasteiger partial charge in [0.1, 0.15) is 6.10 Å². The molecule has 3 atom stereocenters. The zero-order chi connectivity index (χ0) is 19.1. The maximum atomic E-state index is 12.4. The predicted octanol–water partition coefficient (Wildman–Crippen LogP) is 0.552. The third kappa shape index (κ3) is 5.92. The molecule has 3 aliphatic rings. The smallest absolute Gasteiger partial charge is 0.315 e. The van der Waals surface area contributed by atoms with E-state index in [1.807, 2.05) is 6.08 Å². The van der Waals surface area contributed by atoms with Gasteiger partial charge in [-0.05, 0) is 12.8 Å². The fourth-order valence-corrected chi connectivity index (χ4v) is 3.88. The van der Waals surface area contributed by atoms with E-state index in [9.17, 15) is 14.7 Å². The standard InChI is InChI=1S/C19H31N3O5/c23-13-17-16(21-19(25)20-14-4-2-1-3-5-14)7-6-15(27-17)12-18(24)22-8-10-26-11-9-22/h6-7,14-17,23H,1-5,8-13H2,(H2,20,21,25)/t15-,16-,17+/m0/s1. The molecule has 2 aliphatic heterocycles. The maximum Gasteiger partial charge on any atom is 0.315 e. The molecule has 1 saturated carbocycles. The van der Waals surface area contributed by atoms with Crippen LogP contribution < -0.4 is 10.6 Å². The Morgan fingerprint density at radius 1 is 1.07 bits per heavy atom. The first-order chi connectivity index (χ1) is 13.2. The molecule has 1 aliphatic carbocycles. The van der Waals surface area contributed by atoms with Crippen molar-refractivity contribution in [3.05, 3.63) is 12.2 Å². The van der Waals surface area contributed by atoms with E-state index in [0.29, 0.717) is 26.3 Å². The summed E-state index contributed by atoms with van der Waals surface area (Å²) >= 11 is 0. The maximum absolute atomic E-state index is 12.4. The molecule has 3 rings (SSSR count). The number of aliphatic hydroxyl groups is 1. The van der Waals surface area contributed by atoms with Gasteiger partial charge in [-0.3, -0.25) is 4.79 Å². The molecule has 27 heavy (non-hydrogen) atoms. The van der Waals surface area contributed by atoms with Gasteiger partial charge in [-0.15, -0.1) is 0 Å². The molecule has 8 heteroatoms. The molecular formula is C19H31N3O5. The van der Waals surface area contributed by atoms with Crippen molar-refractivity contribution in [1.82, 2.24) is 15.5 Å². The van der Waals surface area contributed by atoms with E-state index in [0.717, 1.165) is 25.7 Å². The van der Waals surface area contributed by atoms with Crippen LogP contribution in [0.2, 0.25) is 0 Å². The molecule has 0 aromatic heterocycles. The molecule has 3 N–H and O–H groups in total. The number of ether oxygens (including phenoxy) is 2. The Morgan fingerprint density at radius 3 is 2.52 bits per heavy atom. The summed E-state index contributed by atoms with van der Waals surface area (Å²) in [5.74, 6) is 0.0195. The largest absolute Gasteiger partial charge is 0.394 e. The molecule has 1 saturated heterocycles. The minimum atomic E-state index is -0.561. The normalized spacial score (nSPS) is 29.4. The van der Waals surface area contributed by atoms with Gasteiger partial charge in [0.2, 0.25) is 5.91 Å². The minimum Gasteiger partial charge on any atom is -0.394 e. The van der Waals surface area contributed by atoms with E-state index in [1.165, 1.54) is 6.42 Å². The average Bonchev–Trinajstić information content (AvgIpc) is 2.70. The predicted molar refractivity (Wildman–Crippen MR) is 99.2 cm³/mol. The second-order valence-corrected chi connectivity index (χ2v) is 7.46. The van der Waals surface area contributed by atoms with E-state index in [4.69, 9.17) is 9.47 Å². The number of carbonyl (C=O) groups excluding carboxylic acids is 2. The first-order valence-corrected chi connectivity index (χ1v) is 10.0. The van der Waals surface area contributed by atoms with Gasteiger partial charge in [0.05, 0.1) is 38.4 Å². The zero-order valence-corrected chi connectivity index (χ0v) is 15.8. The SMILES string of the molecule is O=C(NC1CCCCC1)N[C@H]1C=C[C@@H](CC(=O)N2CCOCC2)O[C@@H]1CO. The van der Waals surface area contributed by atoms with E-state index in [2.05, 4.69) is 10.6 Å². The van der Waals surface area contributed by atoms with Crippen molar-refractivity contribution >= 4 is 11.9 Å². The number of carbonyl (C=O) groups is 2. The van der Waals surface area contributed by atoms with Crippen LogP contribution in [0.25, 0.3) is 0 Å². The van der Waals surface area contributed by atoms with E-state index < -0.39 is 18.2 Å². The molecule has 0 aromatic rings. The van der Waals surface area contributed by atoms with Crippen molar-refractivity contribution in [3.63, 3.8) is 0 Å². The molecule has 0 aromatic carbocycles. The number of amides is 3. The van der Waals surface area contributed by atoms with Gasteiger partial charge in [-0.2, -0.15) is 0 Å². The first kappa shape index (κ1) is 20.1. The van der Waals surface area contributed by atoms with Crippen LogP contribution in [-0.2, 0) is 14.3 Å². The molecule has 0 bridgehead atoms.